The Morgan fingerprint density at radius 1 is 1.15 bits per heavy atom. The van der Waals surface area contributed by atoms with Crippen LogP contribution in [0.5, 0.6) is 0 Å². The Balaban J connectivity index is 1.92. The molecule has 1 N–H and O–H groups in total. The Kier molecular flexibility index (Phi) is 4.51. The van der Waals surface area contributed by atoms with Crippen molar-refractivity contribution in [1.82, 2.24) is 5.32 Å². The Hall–Kier alpha value is -2.16. The summed E-state index contributed by atoms with van der Waals surface area (Å²) in [4.78, 5) is 11.8. The highest BCUT2D eigenvalue weighted by Crippen LogP contribution is 2.10. The van der Waals surface area contributed by atoms with Crippen LogP contribution in [0.2, 0.25) is 0 Å². The normalized spacial score (nSPS) is 10.3. The van der Waals surface area contributed by atoms with Crippen LogP contribution in [0, 0.1) is 19.7 Å². The van der Waals surface area contributed by atoms with Gasteiger partial charge in [0, 0.05) is 6.54 Å². The summed E-state index contributed by atoms with van der Waals surface area (Å²) in [5, 5.41) is 2.87. The molecule has 0 unspecified atom stereocenters. The van der Waals surface area contributed by atoms with E-state index in [1.165, 1.54) is 17.7 Å². The molecule has 2 aromatic rings. The molecule has 0 saturated carbocycles. The third kappa shape index (κ3) is 3.92. The zero-order valence-electron chi connectivity index (χ0n) is 11.7. The molecule has 0 heterocycles. The second-order valence-electron chi connectivity index (χ2n) is 5.01. The molecule has 0 aliphatic heterocycles. The van der Waals surface area contributed by atoms with Crippen LogP contribution in [0.25, 0.3) is 0 Å². The van der Waals surface area contributed by atoms with E-state index in [-0.39, 0.29) is 18.1 Å². The number of carbonyl (C=O) groups excluding carboxylic acids is 1. The fourth-order valence-electron chi connectivity index (χ4n) is 2.13. The summed E-state index contributed by atoms with van der Waals surface area (Å²) in [6.07, 6.45) is 0.197. The van der Waals surface area contributed by atoms with Crippen LogP contribution in [-0.2, 0) is 17.8 Å². The first-order chi connectivity index (χ1) is 9.54. The van der Waals surface area contributed by atoms with Crippen LogP contribution in [-0.4, -0.2) is 5.91 Å². The minimum absolute atomic E-state index is 0.101. The number of amides is 1. The molecule has 0 fully saturated rings. The zero-order valence-corrected chi connectivity index (χ0v) is 11.7. The summed E-state index contributed by atoms with van der Waals surface area (Å²) in [5.41, 5.74) is 4.15. The molecule has 2 nitrogen and oxygen atoms in total. The van der Waals surface area contributed by atoms with Gasteiger partial charge in [-0.15, -0.1) is 0 Å². The predicted molar refractivity (Wildman–Crippen MR) is 77.9 cm³/mol. The van der Waals surface area contributed by atoms with Crippen molar-refractivity contribution in [2.24, 2.45) is 0 Å². The largest absolute Gasteiger partial charge is 0.352 e. The SMILES string of the molecule is Cc1ccc(CNC(=O)Cc2cccc(F)c2)c(C)c1. The Bertz CT molecular complexity index is 622. The van der Waals surface area contributed by atoms with E-state index < -0.39 is 0 Å². The van der Waals surface area contributed by atoms with Crippen LogP contribution in [0.1, 0.15) is 22.3 Å². The summed E-state index contributed by atoms with van der Waals surface area (Å²) >= 11 is 0. The molecule has 0 radical (unpaired) electrons. The summed E-state index contributed by atoms with van der Waals surface area (Å²) in [5.74, 6) is -0.416. The van der Waals surface area contributed by atoms with E-state index in [0.29, 0.717) is 12.1 Å². The fourth-order valence-corrected chi connectivity index (χ4v) is 2.13. The van der Waals surface area contributed by atoms with Crippen LogP contribution in [0.15, 0.2) is 42.5 Å². The van der Waals surface area contributed by atoms with Crippen molar-refractivity contribution >= 4 is 5.91 Å². The predicted octanol–water partition coefficient (Wildman–Crippen LogP) is 3.30. The minimum Gasteiger partial charge on any atom is -0.352 e. The van der Waals surface area contributed by atoms with Gasteiger partial charge < -0.3 is 5.32 Å². The number of halogens is 1. The lowest BCUT2D eigenvalue weighted by Gasteiger charge is -2.09. The summed E-state index contributed by atoms with van der Waals surface area (Å²) in [7, 11) is 0. The van der Waals surface area contributed by atoms with Gasteiger partial charge in [-0.25, -0.2) is 4.39 Å². The van der Waals surface area contributed by atoms with Gasteiger partial charge in [-0.1, -0.05) is 35.9 Å². The van der Waals surface area contributed by atoms with Crippen LogP contribution < -0.4 is 5.32 Å². The van der Waals surface area contributed by atoms with Crippen LogP contribution in [0.4, 0.5) is 4.39 Å². The monoisotopic (exact) mass is 271 g/mol. The molecule has 0 atom stereocenters. The third-order valence-corrected chi connectivity index (χ3v) is 3.23. The first-order valence-electron chi connectivity index (χ1n) is 6.62. The van der Waals surface area contributed by atoms with Gasteiger partial charge in [-0.05, 0) is 42.7 Å². The number of hydrogen-bond donors (Lipinski definition) is 1. The van der Waals surface area contributed by atoms with E-state index in [4.69, 9.17) is 0 Å². The Morgan fingerprint density at radius 2 is 1.95 bits per heavy atom. The lowest BCUT2D eigenvalue weighted by molar-refractivity contribution is -0.120. The van der Waals surface area contributed by atoms with Crippen molar-refractivity contribution in [2.45, 2.75) is 26.8 Å². The highest BCUT2D eigenvalue weighted by atomic mass is 19.1. The molecular formula is C17H18FNO. The molecule has 0 aliphatic carbocycles. The second kappa shape index (κ2) is 6.33. The first kappa shape index (κ1) is 14.3. The maximum atomic E-state index is 13.0. The lowest BCUT2D eigenvalue weighted by atomic mass is 10.1. The van der Waals surface area contributed by atoms with Crippen molar-refractivity contribution in [3.63, 3.8) is 0 Å². The Morgan fingerprint density at radius 3 is 2.65 bits per heavy atom. The van der Waals surface area contributed by atoms with E-state index in [1.54, 1.807) is 12.1 Å². The highest BCUT2D eigenvalue weighted by Gasteiger charge is 2.05. The zero-order chi connectivity index (χ0) is 14.5. The maximum Gasteiger partial charge on any atom is 0.224 e. The van der Waals surface area contributed by atoms with Crippen LogP contribution in [0.3, 0.4) is 0 Å². The molecule has 1 amide bonds. The number of benzene rings is 2. The van der Waals surface area contributed by atoms with Gasteiger partial charge in [0.15, 0.2) is 0 Å². The molecule has 0 saturated heterocycles. The third-order valence-electron chi connectivity index (χ3n) is 3.23. The van der Waals surface area contributed by atoms with Gasteiger partial charge in [0.2, 0.25) is 5.91 Å². The maximum absolute atomic E-state index is 13.0. The average molecular weight is 271 g/mol. The van der Waals surface area contributed by atoms with Crippen molar-refractivity contribution in [1.29, 1.82) is 0 Å². The summed E-state index contributed by atoms with van der Waals surface area (Å²) in [6.45, 7) is 4.57. The average Bonchev–Trinajstić information content (AvgIpc) is 2.37. The highest BCUT2D eigenvalue weighted by molar-refractivity contribution is 5.78. The van der Waals surface area contributed by atoms with Crippen molar-refractivity contribution in [3.05, 3.63) is 70.5 Å². The molecule has 20 heavy (non-hydrogen) atoms. The molecule has 0 spiro atoms. The van der Waals surface area contributed by atoms with E-state index in [9.17, 15) is 9.18 Å². The van der Waals surface area contributed by atoms with Gasteiger partial charge in [0.05, 0.1) is 6.42 Å². The van der Waals surface area contributed by atoms with Gasteiger partial charge in [-0.2, -0.15) is 0 Å². The fraction of sp³-hybridized carbons (Fsp3) is 0.235. The molecular weight excluding hydrogens is 253 g/mol. The van der Waals surface area contributed by atoms with Gasteiger partial charge >= 0.3 is 0 Å². The van der Waals surface area contributed by atoms with Gasteiger partial charge in [-0.3, -0.25) is 4.79 Å². The van der Waals surface area contributed by atoms with Crippen LogP contribution >= 0.6 is 0 Å². The molecule has 0 bridgehead atoms. The topological polar surface area (TPSA) is 29.1 Å². The van der Waals surface area contributed by atoms with Gasteiger partial charge in [0.25, 0.3) is 0 Å². The van der Waals surface area contributed by atoms with Crippen molar-refractivity contribution < 1.29 is 9.18 Å². The van der Waals surface area contributed by atoms with E-state index >= 15 is 0 Å². The molecule has 2 aromatic carbocycles. The number of rotatable bonds is 4. The number of carbonyl (C=O) groups is 1. The Labute approximate surface area is 118 Å². The van der Waals surface area contributed by atoms with E-state index in [1.807, 2.05) is 26.0 Å². The second-order valence-corrected chi connectivity index (χ2v) is 5.01. The van der Waals surface area contributed by atoms with E-state index in [0.717, 1.165) is 11.1 Å². The lowest BCUT2D eigenvalue weighted by Crippen LogP contribution is -2.24. The smallest absolute Gasteiger partial charge is 0.224 e. The first-order valence-corrected chi connectivity index (χ1v) is 6.62. The quantitative estimate of drug-likeness (QED) is 0.908. The molecule has 3 heteroatoms. The van der Waals surface area contributed by atoms with Crippen molar-refractivity contribution in [3.8, 4) is 0 Å². The number of nitrogens with one attached hydrogen (secondary N) is 1. The van der Waals surface area contributed by atoms with Gasteiger partial charge in [0.1, 0.15) is 5.82 Å². The molecule has 0 aromatic heterocycles. The molecule has 2 rings (SSSR count). The van der Waals surface area contributed by atoms with Crippen molar-refractivity contribution in [2.75, 3.05) is 0 Å². The number of aryl methyl sites for hydroxylation is 2. The standard InChI is InChI=1S/C17H18FNO/c1-12-6-7-15(13(2)8-12)11-19-17(20)10-14-4-3-5-16(18)9-14/h3-9H,10-11H2,1-2H3,(H,19,20). The number of hydrogen-bond acceptors (Lipinski definition) is 1. The molecule has 104 valence electrons. The van der Waals surface area contributed by atoms with E-state index in [2.05, 4.69) is 11.4 Å². The summed E-state index contributed by atoms with van der Waals surface area (Å²) in [6, 6.07) is 12.3. The minimum atomic E-state index is -0.315. The summed E-state index contributed by atoms with van der Waals surface area (Å²) < 4.78 is 13.0. The molecule has 0 aliphatic rings.